The molecule has 0 aliphatic heterocycles. The highest BCUT2D eigenvalue weighted by molar-refractivity contribution is 5.78. The third-order valence-electron chi connectivity index (χ3n) is 2.28. The van der Waals surface area contributed by atoms with Gasteiger partial charge in [0.25, 0.3) is 0 Å². The van der Waals surface area contributed by atoms with Gasteiger partial charge in [-0.2, -0.15) is 0 Å². The van der Waals surface area contributed by atoms with E-state index in [-0.39, 0.29) is 24.1 Å². The summed E-state index contributed by atoms with van der Waals surface area (Å²) >= 11 is 0. The van der Waals surface area contributed by atoms with E-state index in [0.29, 0.717) is 12.1 Å². The van der Waals surface area contributed by atoms with Gasteiger partial charge in [0.15, 0.2) is 0 Å². The van der Waals surface area contributed by atoms with Gasteiger partial charge in [-0.15, -0.1) is 13.2 Å². The number of carbonyl (C=O) groups excluding carboxylic acids is 1. The second-order valence-corrected chi connectivity index (χ2v) is 4.07. The summed E-state index contributed by atoms with van der Waals surface area (Å²) in [5.74, 6) is -0.547. The normalized spacial score (nSPS) is 12.9. The van der Waals surface area contributed by atoms with Gasteiger partial charge in [-0.3, -0.25) is 4.79 Å². The Morgan fingerprint density at radius 2 is 1.95 bits per heavy atom. The number of nitrogens with two attached hydrogens (primary N) is 1. The van der Waals surface area contributed by atoms with E-state index in [4.69, 9.17) is 5.73 Å². The molecule has 0 spiro atoms. The van der Waals surface area contributed by atoms with E-state index in [9.17, 15) is 18.0 Å². The maximum Gasteiger partial charge on any atom is 0.573 e. The van der Waals surface area contributed by atoms with Gasteiger partial charge >= 0.3 is 6.36 Å². The molecule has 1 atom stereocenters. The van der Waals surface area contributed by atoms with E-state index in [0.717, 1.165) is 0 Å². The third kappa shape index (κ3) is 6.10. The molecule has 0 saturated carbocycles. The fourth-order valence-electron chi connectivity index (χ4n) is 1.38. The maximum atomic E-state index is 11.9. The fourth-order valence-corrected chi connectivity index (χ4v) is 1.38. The zero-order valence-electron chi connectivity index (χ0n) is 10.3. The molecular formula is C12H15F3N2O2. The van der Waals surface area contributed by atoms with Gasteiger partial charge in [0.1, 0.15) is 5.75 Å². The third-order valence-corrected chi connectivity index (χ3v) is 2.28. The number of halogens is 3. The quantitative estimate of drug-likeness (QED) is 0.858. The molecule has 106 valence electrons. The van der Waals surface area contributed by atoms with E-state index in [1.807, 2.05) is 0 Å². The molecular weight excluding hydrogens is 261 g/mol. The Morgan fingerprint density at radius 3 is 2.42 bits per heavy atom. The molecule has 0 radical (unpaired) electrons. The predicted molar refractivity (Wildman–Crippen MR) is 63.5 cm³/mol. The first-order valence-electron chi connectivity index (χ1n) is 5.64. The molecule has 0 aliphatic rings. The molecule has 0 saturated heterocycles. The lowest BCUT2D eigenvalue weighted by molar-refractivity contribution is -0.274. The van der Waals surface area contributed by atoms with Crippen LogP contribution >= 0.6 is 0 Å². The number of hydrogen-bond donors (Lipinski definition) is 2. The Morgan fingerprint density at radius 1 is 1.37 bits per heavy atom. The topological polar surface area (TPSA) is 64.3 Å². The van der Waals surface area contributed by atoms with E-state index in [2.05, 4.69) is 10.1 Å². The van der Waals surface area contributed by atoms with Crippen LogP contribution in [0.2, 0.25) is 0 Å². The highest BCUT2D eigenvalue weighted by atomic mass is 19.4. The molecule has 0 unspecified atom stereocenters. The number of alkyl halides is 3. The van der Waals surface area contributed by atoms with Gasteiger partial charge in [-0.05, 0) is 24.6 Å². The van der Waals surface area contributed by atoms with E-state index in [1.165, 1.54) is 24.3 Å². The van der Waals surface area contributed by atoms with Crippen molar-refractivity contribution >= 4 is 5.91 Å². The average Bonchev–Trinajstić information content (AvgIpc) is 2.29. The molecule has 1 aromatic carbocycles. The number of ether oxygens (including phenoxy) is 1. The van der Waals surface area contributed by atoms with E-state index in [1.54, 1.807) is 6.92 Å². The van der Waals surface area contributed by atoms with Crippen LogP contribution in [-0.4, -0.2) is 24.9 Å². The van der Waals surface area contributed by atoms with Crippen molar-refractivity contribution < 1.29 is 22.7 Å². The molecule has 0 heterocycles. The van der Waals surface area contributed by atoms with Crippen molar-refractivity contribution in [1.29, 1.82) is 0 Å². The summed E-state index contributed by atoms with van der Waals surface area (Å²) in [4.78, 5) is 11.5. The van der Waals surface area contributed by atoms with Crippen LogP contribution < -0.4 is 15.8 Å². The number of benzene rings is 1. The van der Waals surface area contributed by atoms with Gasteiger partial charge in [-0.1, -0.05) is 12.1 Å². The van der Waals surface area contributed by atoms with Gasteiger partial charge in [0.05, 0.1) is 6.42 Å². The standard InChI is InChI=1S/C12H15F3N2O2/c1-8(7-16)17-11(18)6-9-2-4-10(5-3-9)19-12(13,14)15/h2-5,8H,6-7,16H2,1H3,(H,17,18)/t8-/m0/s1. The Bertz CT molecular complexity index is 418. The highest BCUT2D eigenvalue weighted by Gasteiger charge is 2.30. The minimum atomic E-state index is -4.71. The molecule has 0 aromatic heterocycles. The summed E-state index contributed by atoms with van der Waals surface area (Å²) in [5.41, 5.74) is 5.95. The molecule has 0 bridgehead atoms. The zero-order chi connectivity index (χ0) is 14.5. The molecule has 1 aromatic rings. The Balaban J connectivity index is 2.55. The molecule has 3 N–H and O–H groups in total. The monoisotopic (exact) mass is 276 g/mol. The number of nitrogens with one attached hydrogen (secondary N) is 1. The molecule has 19 heavy (non-hydrogen) atoms. The van der Waals surface area contributed by atoms with Crippen LogP contribution in [-0.2, 0) is 11.2 Å². The van der Waals surface area contributed by atoms with E-state index >= 15 is 0 Å². The second-order valence-electron chi connectivity index (χ2n) is 4.07. The summed E-state index contributed by atoms with van der Waals surface area (Å²) in [6.45, 7) is 2.09. The SMILES string of the molecule is C[C@@H](CN)NC(=O)Cc1ccc(OC(F)(F)F)cc1. The minimum absolute atomic E-state index is 0.0800. The van der Waals surface area contributed by atoms with Crippen LogP contribution in [0.5, 0.6) is 5.75 Å². The molecule has 0 fully saturated rings. The van der Waals surface area contributed by atoms with Crippen molar-refractivity contribution in [3.63, 3.8) is 0 Å². The van der Waals surface area contributed by atoms with Gasteiger partial charge in [0, 0.05) is 12.6 Å². The second kappa shape index (κ2) is 6.42. The molecule has 1 amide bonds. The molecule has 1 rings (SSSR count). The number of carbonyl (C=O) groups is 1. The zero-order valence-corrected chi connectivity index (χ0v) is 10.3. The van der Waals surface area contributed by atoms with Crippen LogP contribution in [0.15, 0.2) is 24.3 Å². The number of hydrogen-bond acceptors (Lipinski definition) is 3. The van der Waals surface area contributed by atoms with Crippen LogP contribution in [0.25, 0.3) is 0 Å². The lowest BCUT2D eigenvalue weighted by Crippen LogP contribution is -2.38. The van der Waals surface area contributed by atoms with Crippen LogP contribution in [0, 0.1) is 0 Å². The van der Waals surface area contributed by atoms with Crippen molar-refractivity contribution in [3.8, 4) is 5.75 Å². The first-order valence-corrected chi connectivity index (χ1v) is 5.64. The van der Waals surface area contributed by atoms with Gasteiger partial charge in [-0.25, -0.2) is 0 Å². The first kappa shape index (κ1) is 15.3. The largest absolute Gasteiger partial charge is 0.573 e. The predicted octanol–water partition coefficient (Wildman–Crippen LogP) is 1.59. The smallest absolute Gasteiger partial charge is 0.406 e. The van der Waals surface area contributed by atoms with Gasteiger partial charge in [0.2, 0.25) is 5.91 Å². The van der Waals surface area contributed by atoms with Crippen LogP contribution in [0.4, 0.5) is 13.2 Å². The highest BCUT2D eigenvalue weighted by Crippen LogP contribution is 2.22. The maximum absolute atomic E-state index is 11.9. The van der Waals surface area contributed by atoms with Crippen molar-refractivity contribution in [2.75, 3.05) is 6.54 Å². The lowest BCUT2D eigenvalue weighted by atomic mass is 10.1. The number of amides is 1. The van der Waals surface area contributed by atoms with Crippen molar-refractivity contribution in [1.82, 2.24) is 5.32 Å². The molecule has 0 aliphatic carbocycles. The van der Waals surface area contributed by atoms with Crippen molar-refractivity contribution in [2.24, 2.45) is 5.73 Å². The molecule has 4 nitrogen and oxygen atoms in total. The summed E-state index contributed by atoms with van der Waals surface area (Å²) in [6.07, 6.45) is -4.63. The summed E-state index contributed by atoms with van der Waals surface area (Å²) in [5, 5.41) is 2.66. The van der Waals surface area contributed by atoms with Crippen LogP contribution in [0.3, 0.4) is 0 Å². The summed E-state index contributed by atoms with van der Waals surface area (Å²) in [7, 11) is 0. The molecule has 7 heteroatoms. The Kier molecular flexibility index (Phi) is 5.17. The van der Waals surface area contributed by atoms with Crippen molar-refractivity contribution in [2.45, 2.75) is 25.7 Å². The van der Waals surface area contributed by atoms with E-state index < -0.39 is 6.36 Å². The minimum Gasteiger partial charge on any atom is -0.406 e. The Labute approximate surface area is 108 Å². The number of rotatable bonds is 5. The van der Waals surface area contributed by atoms with Crippen molar-refractivity contribution in [3.05, 3.63) is 29.8 Å². The van der Waals surface area contributed by atoms with Crippen LogP contribution in [0.1, 0.15) is 12.5 Å². The summed E-state index contributed by atoms with van der Waals surface area (Å²) in [6, 6.07) is 5.02. The first-order chi connectivity index (χ1) is 8.80. The Hall–Kier alpha value is -1.76. The van der Waals surface area contributed by atoms with Gasteiger partial charge < -0.3 is 15.8 Å². The lowest BCUT2D eigenvalue weighted by Gasteiger charge is -2.12. The average molecular weight is 276 g/mol. The fraction of sp³-hybridized carbons (Fsp3) is 0.417. The summed E-state index contributed by atoms with van der Waals surface area (Å²) < 4.78 is 39.5.